The van der Waals surface area contributed by atoms with Gasteiger partial charge in [0.1, 0.15) is 24.0 Å². The number of rotatable bonds is 12. The number of aromatic nitrogens is 2. The molecule has 7 rings (SSSR count). The molecule has 3 aliphatic heterocycles. The van der Waals surface area contributed by atoms with Crippen LogP contribution in [0.4, 0.5) is 34.5 Å². The molecule has 4 N–H and O–H groups in total. The van der Waals surface area contributed by atoms with Gasteiger partial charge in [-0.3, -0.25) is 24.5 Å². The Morgan fingerprint density at radius 1 is 0.982 bits per heavy atom. The zero-order chi connectivity index (χ0) is 39.6. The number of benzene rings is 3. The lowest BCUT2D eigenvalue weighted by Crippen LogP contribution is -2.52. The number of ether oxygens (including phenoxy) is 1. The first-order valence-electron chi connectivity index (χ1n) is 18.3. The molecule has 1 atom stereocenters. The number of hydrogen-bond donors (Lipinski definition) is 4. The number of fused-ring (bicyclic) bond motifs is 1. The maximum atomic E-state index is 13.2. The Bertz CT molecular complexity index is 2240. The molecule has 0 saturated carbocycles. The van der Waals surface area contributed by atoms with Crippen molar-refractivity contribution < 1.29 is 28.5 Å². The zero-order valence-electron chi connectivity index (χ0n) is 31.3. The van der Waals surface area contributed by atoms with Crippen molar-refractivity contribution in [1.29, 1.82) is 0 Å². The number of nitrogens with zero attached hydrogens (tertiary/aromatic N) is 5. The van der Waals surface area contributed by atoms with Crippen molar-refractivity contribution in [3.8, 4) is 5.75 Å². The van der Waals surface area contributed by atoms with E-state index in [9.17, 15) is 23.7 Å². The van der Waals surface area contributed by atoms with Crippen molar-refractivity contribution >= 4 is 82.2 Å². The van der Waals surface area contributed by atoms with Crippen LogP contribution in [0.25, 0.3) is 0 Å². The van der Waals surface area contributed by atoms with Crippen LogP contribution >= 0.6 is 18.7 Å². The van der Waals surface area contributed by atoms with Gasteiger partial charge in [0, 0.05) is 86.0 Å². The first-order valence-corrected chi connectivity index (χ1v) is 21.3. The number of piperazine rings is 1. The summed E-state index contributed by atoms with van der Waals surface area (Å²) in [5, 5.41) is 13.1. The predicted molar refractivity (Wildman–Crippen MR) is 217 cm³/mol. The minimum Gasteiger partial charge on any atom is -0.494 e. The van der Waals surface area contributed by atoms with E-state index < -0.39 is 19.1 Å². The molecule has 4 aromatic rings. The van der Waals surface area contributed by atoms with Crippen LogP contribution in [0.3, 0.4) is 0 Å². The van der Waals surface area contributed by atoms with Crippen LogP contribution in [0, 0.1) is 0 Å². The van der Waals surface area contributed by atoms with Gasteiger partial charge in [-0.1, -0.05) is 29.8 Å². The number of halogens is 1. The van der Waals surface area contributed by atoms with Crippen molar-refractivity contribution in [2.24, 2.45) is 0 Å². The third kappa shape index (κ3) is 8.29. The number of nitrogens with one attached hydrogen (secondary N) is 4. The second-order valence-electron chi connectivity index (χ2n) is 14.2. The van der Waals surface area contributed by atoms with E-state index >= 15 is 0 Å². The Hall–Kier alpha value is -5.66. The molecule has 0 radical (unpaired) electrons. The topological polar surface area (TPSA) is 178 Å². The number of hydrogen-bond acceptors (Lipinski definition) is 12. The zero-order valence-corrected chi connectivity index (χ0v) is 33.0. The summed E-state index contributed by atoms with van der Waals surface area (Å²) in [6.07, 6.45) is 2.26. The predicted octanol–water partition coefficient (Wildman–Crippen LogP) is 4.79. The quantitative estimate of drug-likeness (QED) is 0.114. The van der Waals surface area contributed by atoms with Crippen molar-refractivity contribution in [1.82, 2.24) is 25.1 Å². The van der Waals surface area contributed by atoms with Crippen molar-refractivity contribution in [3.05, 3.63) is 83.0 Å². The molecule has 2 fully saturated rings. The number of amides is 4. The smallest absolute Gasteiger partial charge is 0.255 e. The van der Waals surface area contributed by atoms with Gasteiger partial charge in [0.2, 0.25) is 23.7 Å². The summed E-state index contributed by atoms with van der Waals surface area (Å²) in [6, 6.07) is 17.8. The minimum atomic E-state index is -2.57. The van der Waals surface area contributed by atoms with Crippen LogP contribution in [-0.4, -0.2) is 103 Å². The summed E-state index contributed by atoms with van der Waals surface area (Å²) in [6.45, 7) is 6.45. The first-order chi connectivity index (χ1) is 26.9. The molecule has 1 unspecified atom stereocenters. The summed E-state index contributed by atoms with van der Waals surface area (Å²) in [7, 11) is -0.981. The highest BCUT2D eigenvalue weighted by molar-refractivity contribution is 7.70. The van der Waals surface area contributed by atoms with Crippen LogP contribution in [0.15, 0.2) is 66.9 Å². The molecule has 17 heteroatoms. The summed E-state index contributed by atoms with van der Waals surface area (Å²) >= 11 is 6.45. The molecule has 2 saturated heterocycles. The normalized spacial score (nSPS) is 17.0. The van der Waals surface area contributed by atoms with Crippen LogP contribution < -0.4 is 36.2 Å². The lowest BCUT2D eigenvalue weighted by atomic mass is 10.0. The number of methoxy groups -OCH3 is 1. The van der Waals surface area contributed by atoms with Crippen LogP contribution in [0.2, 0.25) is 5.02 Å². The van der Waals surface area contributed by atoms with Gasteiger partial charge in [0.25, 0.3) is 5.91 Å². The van der Waals surface area contributed by atoms with Crippen LogP contribution in [-0.2, 0) is 25.5 Å². The molecule has 0 bridgehead atoms. The number of imide groups is 1. The third-order valence-electron chi connectivity index (χ3n) is 10.1. The SMILES string of the molecule is COc1cc(N2CCN(C(=O)CCNc3cccc4c3CN(C3CCC(=O)NC3=O)C4=O)CC2)ccc1Nc1ncc(Cl)c(Nc2ccccc2P(C)(C)=O)n1. The van der Waals surface area contributed by atoms with Gasteiger partial charge in [-0.15, -0.1) is 0 Å². The number of carbonyl (C=O) groups is 4. The Morgan fingerprint density at radius 3 is 2.50 bits per heavy atom. The van der Waals surface area contributed by atoms with Crippen molar-refractivity contribution in [2.75, 3.05) is 74.0 Å². The molecule has 15 nitrogen and oxygen atoms in total. The fourth-order valence-corrected chi connectivity index (χ4v) is 8.51. The molecule has 292 valence electrons. The molecule has 4 amide bonds. The standard InChI is InChI=1S/C39H43ClN9O6P/c1-55-32-21-24(11-12-29(32)44-39-42-22-27(40)36(46-39)43-30-8-4-5-10-33(30)56(2,3)54)47-17-19-48(20-18-47)35(51)15-16-41-28-9-6-7-25-26(28)23-49(38(25)53)31-13-14-34(50)45-37(31)52/h4-12,21-22,31,41H,13-20,23H2,1-3H3,(H,45,50,52)(H2,42,43,44,46). The number of carbonyl (C=O) groups excluding carboxylic acids is 4. The maximum Gasteiger partial charge on any atom is 0.255 e. The summed E-state index contributed by atoms with van der Waals surface area (Å²) in [5.74, 6) is 0.251. The second-order valence-corrected chi connectivity index (χ2v) is 17.8. The Labute approximate surface area is 329 Å². The average Bonchev–Trinajstić information content (AvgIpc) is 3.52. The van der Waals surface area contributed by atoms with Crippen molar-refractivity contribution in [3.63, 3.8) is 0 Å². The van der Waals surface area contributed by atoms with E-state index in [1.807, 2.05) is 53.4 Å². The van der Waals surface area contributed by atoms with Gasteiger partial charge in [-0.2, -0.15) is 4.98 Å². The van der Waals surface area contributed by atoms with E-state index in [-0.39, 0.29) is 43.1 Å². The summed E-state index contributed by atoms with van der Waals surface area (Å²) in [4.78, 5) is 65.0. The van der Waals surface area contributed by atoms with Gasteiger partial charge in [0.15, 0.2) is 5.82 Å². The second kappa shape index (κ2) is 16.2. The summed E-state index contributed by atoms with van der Waals surface area (Å²) < 4.78 is 18.6. The monoisotopic (exact) mass is 799 g/mol. The third-order valence-corrected chi connectivity index (χ3v) is 12.0. The lowest BCUT2D eigenvalue weighted by Gasteiger charge is -2.36. The maximum absolute atomic E-state index is 13.2. The van der Waals surface area contributed by atoms with Gasteiger partial charge < -0.3 is 40.0 Å². The first kappa shape index (κ1) is 38.6. The number of piperidine rings is 1. The average molecular weight is 800 g/mol. The van der Waals surface area contributed by atoms with Crippen LogP contribution in [0.1, 0.15) is 35.2 Å². The number of para-hydroxylation sites is 1. The Balaban J connectivity index is 0.922. The largest absolute Gasteiger partial charge is 0.494 e. The Kier molecular flexibility index (Phi) is 11.2. The van der Waals surface area contributed by atoms with Gasteiger partial charge in [-0.05, 0) is 56.1 Å². The van der Waals surface area contributed by atoms with Crippen LogP contribution in [0.5, 0.6) is 5.75 Å². The molecule has 3 aliphatic rings. The fourth-order valence-electron chi connectivity index (χ4n) is 7.22. The molecule has 0 aliphatic carbocycles. The molecule has 56 heavy (non-hydrogen) atoms. The molecule has 4 heterocycles. The lowest BCUT2D eigenvalue weighted by molar-refractivity contribution is -0.137. The van der Waals surface area contributed by atoms with Crippen molar-refractivity contribution in [2.45, 2.75) is 31.8 Å². The van der Waals surface area contributed by atoms with E-state index in [0.29, 0.717) is 78.0 Å². The van der Waals surface area contributed by atoms with E-state index in [0.717, 1.165) is 16.9 Å². The van der Waals surface area contributed by atoms with E-state index in [2.05, 4.69) is 36.1 Å². The molecule has 0 spiro atoms. The van der Waals surface area contributed by atoms with Gasteiger partial charge >= 0.3 is 0 Å². The fraction of sp³-hybridized carbons (Fsp3) is 0.333. The van der Waals surface area contributed by atoms with E-state index in [1.54, 1.807) is 32.6 Å². The highest BCUT2D eigenvalue weighted by atomic mass is 35.5. The molecule has 3 aromatic carbocycles. The number of anilines is 6. The Morgan fingerprint density at radius 2 is 1.75 bits per heavy atom. The van der Waals surface area contributed by atoms with E-state index in [4.69, 9.17) is 16.3 Å². The highest BCUT2D eigenvalue weighted by Gasteiger charge is 2.40. The molecule has 1 aromatic heterocycles. The molecular weight excluding hydrogens is 757 g/mol. The highest BCUT2D eigenvalue weighted by Crippen LogP contribution is 2.39. The van der Waals surface area contributed by atoms with Gasteiger partial charge in [-0.25, -0.2) is 4.98 Å². The van der Waals surface area contributed by atoms with E-state index in [1.165, 1.54) is 11.1 Å². The molecular formula is C39H43ClN9O6P. The van der Waals surface area contributed by atoms with Gasteiger partial charge in [0.05, 0.1) is 24.7 Å². The summed E-state index contributed by atoms with van der Waals surface area (Å²) in [5.41, 5.74) is 4.30. The minimum absolute atomic E-state index is 0.0295.